The molecule has 2 aromatic carbocycles. The fraction of sp³-hybridized carbons (Fsp3) is 0.273. The van der Waals surface area contributed by atoms with Crippen LogP contribution in [0.5, 0.6) is 17.2 Å². The molecular weight excluding hydrogens is 468 g/mol. The summed E-state index contributed by atoms with van der Waals surface area (Å²) in [6.45, 7) is 7.44. The molecule has 1 aliphatic heterocycles. The Balaban J connectivity index is 1.84. The van der Waals surface area contributed by atoms with Crippen LogP contribution in [0.1, 0.15) is 26.3 Å². The van der Waals surface area contributed by atoms with Crippen LogP contribution >= 0.6 is 27.7 Å². The Morgan fingerprint density at radius 3 is 2.33 bits per heavy atom. The average Bonchev–Trinajstić information content (AvgIpc) is 3.06. The van der Waals surface area contributed by atoms with Crippen LogP contribution in [0.2, 0.25) is 0 Å². The highest BCUT2D eigenvalue weighted by Crippen LogP contribution is 2.36. The van der Waals surface area contributed by atoms with Gasteiger partial charge in [0.25, 0.3) is 5.91 Å². The molecule has 0 aliphatic carbocycles. The fourth-order valence-electron chi connectivity index (χ4n) is 2.73. The van der Waals surface area contributed by atoms with Crippen molar-refractivity contribution >= 4 is 50.5 Å². The van der Waals surface area contributed by atoms with Gasteiger partial charge in [-0.25, -0.2) is 4.99 Å². The van der Waals surface area contributed by atoms with Gasteiger partial charge in [0.1, 0.15) is 17.2 Å². The third kappa shape index (κ3) is 5.58. The highest BCUT2D eigenvalue weighted by atomic mass is 79.9. The first-order valence-electron chi connectivity index (χ1n) is 9.65. The number of amides is 1. The smallest absolute Gasteiger partial charge is 0.264 e. The van der Waals surface area contributed by atoms with E-state index in [0.29, 0.717) is 41.4 Å². The number of thioether (sulfide) groups is 1. The molecule has 1 amide bonds. The van der Waals surface area contributed by atoms with Crippen molar-refractivity contribution in [3.63, 3.8) is 0 Å². The number of amidine groups is 1. The zero-order valence-electron chi connectivity index (χ0n) is 17.0. The van der Waals surface area contributed by atoms with Crippen molar-refractivity contribution in [1.82, 2.24) is 5.32 Å². The van der Waals surface area contributed by atoms with Crippen LogP contribution in [0.3, 0.4) is 0 Å². The number of aliphatic imine (C=N–C) groups is 1. The van der Waals surface area contributed by atoms with Crippen LogP contribution in [-0.4, -0.2) is 30.9 Å². The van der Waals surface area contributed by atoms with Gasteiger partial charge < -0.3 is 19.5 Å². The molecule has 0 bridgehead atoms. The summed E-state index contributed by atoms with van der Waals surface area (Å²) < 4.78 is 17.6. The van der Waals surface area contributed by atoms with Crippen molar-refractivity contribution in [2.75, 3.05) is 19.8 Å². The molecule has 0 aromatic heterocycles. The van der Waals surface area contributed by atoms with Gasteiger partial charge >= 0.3 is 0 Å². The van der Waals surface area contributed by atoms with Gasteiger partial charge in [0.15, 0.2) is 5.17 Å². The van der Waals surface area contributed by atoms with Gasteiger partial charge in [-0.15, -0.1) is 0 Å². The number of nitrogens with one attached hydrogen (secondary N) is 1. The lowest BCUT2D eigenvalue weighted by atomic mass is 10.1. The van der Waals surface area contributed by atoms with E-state index in [4.69, 9.17) is 14.2 Å². The molecule has 0 radical (unpaired) electrons. The van der Waals surface area contributed by atoms with E-state index >= 15 is 0 Å². The van der Waals surface area contributed by atoms with E-state index in [1.54, 1.807) is 6.08 Å². The highest BCUT2D eigenvalue weighted by Gasteiger charge is 2.24. The van der Waals surface area contributed by atoms with Crippen molar-refractivity contribution in [1.29, 1.82) is 0 Å². The normalized spacial score (nSPS) is 16.1. The molecule has 1 heterocycles. The van der Waals surface area contributed by atoms with E-state index in [2.05, 4.69) is 26.2 Å². The highest BCUT2D eigenvalue weighted by molar-refractivity contribution is 9.10. The van der Waals surface area contributed by atoms with Gasteiger partial charge in [-0.3, -0.25) is 4.79 Å². The maximum atomic E-state index is 12.5. The van der Waals surface area contributed by atoms with Crippen molar-refractivity contribution in [2.45, 2.75) is 20.8 Å². The van der Waals surface area contributed by atoms with Gasteiger partial charge in [-0.05, 0) is 84.9 Å². The van der Waals surface area contributed by atoms with E-state index in [-0.39, 0.29) is 5.91 Å². The van der Waals surface area contributed by atoms with Gasteiger partial charge in [-0.2, -0.15) is 0 Å². The van der Waals surface area contributed by atoms with Crippen LogP contribution in [0.4, 0.5) is 5.69 Å². The number of carbonyl (C=O) groups is 1. The Morgan fingerprint density at radius 1 is 1.00 bits per heavy atom. The predicted molar refractivity (Wildman–Crippen MR) is 125 cm³/mol. The van der Waals surface area contributed by atoms with Crippen molar-refractivity contribution in [3.05, 3.63) is 51.3 Å². The minimum absolute atomic E-state index is 0.197. The number of hydrogen-bond donors (Lipinski definition) is 1. The van der Waals surface area contributed by atoms with Gasteiger partial charge in [0, 0.05) is 11.6 Å². The lowest BCUT2D eigenvalue weighted by Gasteiger charge is -2.12. The molecule has 158 valence electrons. The summed E-state index contributed by atoms with van der Waals surface area (Å²) in [6.07, 6.45) is 1.80. The molecule has 6 nitrogen and oxygen atoms in total. The van der Waals surface area contributed by atoms with Gasteiger partial charge in [0.2, 0.25) is 0 Å². The number of rotatable bonds is 8. The van der Waals surface area contributed by atoms with Crippen LogP contribution < -0.4 is 19.5 Å². The standard InChI is InChI=1S/C22H23BrN2O4S/c1-4-27-16-9-7-15(8-10-16)24-22-25-21(26)20(30-22)12-14-11-17(23)19(29-6-3)13-18(14)28-5-2/h7-13H,4-6H2,1-3H3,(H,24,25,26)/b20-12+. The first kappa shape index (κ1) is 22.2. The van der Waals surface area contributed by atoms with E-state index in [0.717, 1.165) is 21.5 Å². The Hall–Kier alpha value is -2.45. The van der Waals surface area contributed by atoms with Crippen molar-refractivity contribution in [3.8, 4) is 17.2 Å². The lowest BCUT2D eigenvalue weighted by molar-refractivity contribution is -0.115. The third-order valence-corrected chi connectivity index (χ3v) is 5.51. The van der Waals surface area contributed by atoms with E-state index in [9.17, 15) is 4.79 Å². The number of hydrogen-bond acceptors (Lipinski definition) is 6. The Kier molecular flexibility index (Phi) is 7.81. The van der Waals surface area contributed by atoms with Crippen LogP contribution in [0.15, 0.2) is 50.8 Å². The number of ether oxygens (including phenoxy) is 3. The molecule has 1 saturated heterocycles. The first-order chi connectivity index (χ1) is 14.5. The Labute approximate surface area is 188 Å². The van der Waals surface area contributed by atoms with Crippen molar-refractivity contribution in [2.24, 2.45) is 4.99 Å². The van der Waals surface area contributed by atoms with E-state index in [1.807, 2.05) is 57.2 Å². The minimum Gasteiger partial charge on any atom is -0.494 e. The summed E-state index contributed by atoms with van der Waals surface area (Å²) in [7, 11) is 0. The second-order valence-corrected chi connectivity index (χ2v) is 7.98. The number of benzene rings is 2. The molecule has 0 saturated carbocycles. The molecule has 0 atom stereocenters. The quantitative estimate of drug-likeness (QED) is 0.492. The average molecular weight is 491 g/mol. The number of carbonyl (C=O) groups excluding carboxylic acids is 1. The molecule has 8 heteroatoms. The summed E-state index contributed by atoms with van der Waals surface area (Å²) in [4.78, 5) is 17.5. The summed E-state index contributed by atoms with van der Waals surface area (Å²) >= 11 is 4.81. The summed E-state index contributed by atoms with van der Waals surface area (Å²) in [5.41, 5.74) is 1.52. The summed E-state index contributed by atoms with van der Waals surface area (Å²) in [6, 6.07) is 11.1. The van der Waals surface area contributed by atoms with Crippen LogP contribution in [0, 0.1) is 0 Å². The molecule has 1 N–H and O–H groups in total. The molecule has 1 fully saturated rings. The zero-order chi connectivity index (χ0) is 21.5. The van der Waals surface area contributed by atoms with Crippen LogP contribution in [0.25, 0.3) is 6.08 Å². The first-order valence-corrected chi connectivity index (χ1v) is 11.3. The fourth-order valence-corrected chi connectivity index (χ4v) is 4.04. The second-order valence-electron chi connectivity index (χ2n) is 6.10. The SMILES string of the molecule is CCOc1ccc(N=C2NC(=O)/C(=C\c3cc(Br)c(OCC)cc3OCC)S2)cc1. The molecule has 30 heavy (non-hydrogen) atoms. The van der Waals surface area contributed by atoms with Crippen LogP contribution in [-0.2, 0) is 4.79 Å². The molecule has 3 rings (SSSR count). The maximum Gasteiger partial charge on any atom is 0.264 e. The van der Waals surface area contributed by atoms with Gasteiger partial charge in [-0.1, -0.05) is 0 Å². The van der Waals surface area contributed by atoms with E-state index < -0.39 is 0 Å². The molecule has 0 spiro atoms. The van der Waals surface area contributed by atoms with E-state index in [1.165, 1.54) is 11.8 Å². The topological polar surface area (TPSA) is 69.2 Å². The second kappa shape index (κ2) is 10.5. The summed E-state index contributed by atoms with van der Waals surface area (Å²) in [5, 5.41) is 3.33. The molecular formula is C22H23BrN2O4S. The molecule has 2 aromatic rings. The number of nitrogens with zero attached hydrogens (tertiary/aromatic N) is 1. The molecule has 1 aliphatic rings. The monoisotopic (exact) mass is 490 g/mol. The van der Waals surface area contributed by atoms with Crippen molar-refractivity contribution < 1.29 is 19.0 Å². The third-order valence-electron chi connectivity index (χ3n) is 3.98. The Bertz CT molecular complexity index is 974. The largest absolute Gasteiger partial charge is 0.494 e. The lowest BCUT2D eigenvalue weighted by Crippen LogP contribution is -2.19. The molecule has 0 unspecified atom stereocenters. The predicted octanol–water partition coefficient (Wildman–Crippen LogP) is 5.54. The zero-order valence-corrected chi connectivity index (χ0v) is 19.4. The van der Waals surface area contributed by atoms with Gasteiger partial charge in [0.05, 0.1) is 34.9 Å². The summed E-state index contributed by atoms with van der Waals surface area (Å²) in [5.74, 6) is 1.94. The Morgan fingerprint density at radius 2 is 1.67 bits per heavy atom. The minimum atomic E-state index is -0.197. The number of halogens is 1. The maximum absolute atomic E-state index is 12.5.